The Morgan fingerprint density at radius 1 is 1.00 bits per heavy atom. The van der Waals surface area contributed by atoms with Crippen molar-refractivity contribution < 1.29 is 22.4 Å². The molecule has 3 aromatic rings. The first-order valence-electron chi connectivity index (χ1n) is 9.93. The average Bonchev–Trinajstić information content (AvgIpc) is 2.77. The third kappa shape index (κ3) is 4.34. The fraction of sp³-hybridized carbons (Fsp3) is 0.167. The Morgan fingerprint density at radius 3 is 2.31 bits per heavy atom. The minimum absolute atomic E-state index is 0.0963. The molecule has 0 aromatic heterocycles. The second-order valence-corrected chi connectivity index (χ2v) is 7.48. The lowest BCUT2D eigenvalue weighted by molar-refractivity contribution is -0.137. The van der Waals surface area contributed by atoms with Gasteiger partial charge in [0.05, 0.1) is 17.0 Å². The maximum atomic E-state index is 13.8. The van der Waals surface area contributed by atoms with Gasteiger partial charge in [0.1, 0.15) is 5.82 Å². The van der Waals surface area contributed by atoms with E-state index in [1.807, 2.05) is 30.3 Å². The highest BCUT2D eigenvalue weighted by atomic mass is 19.4. The van der Waals surface area contributed by atoms with E-state index >= 15 is 0 Å². The summed E-state index contributed by atoms with van der Waals surface area (Å²) in [5.74, 6) is -0.582. The molecular weight excluding hydrogens is 422 g/mol. The van der Waals surface area contributed by atoms with E-state index in [2.05, 4.69) is 5.10 Å². The number of alkyl halides is 3. The molecule has 32 heavy (non-hydrogen) atoms. The molecule has 3 aromatic carbocycles. The van der Waals surface area contributed by atoms with Crippen LogP contribution in [-0.2, 0) is 12.6 Å². The van der Waals surface area contributed by atoms with Crippen molar-refractivity contribution >= 4 is 17.4 Å². The Labute approximate surface area is 182 Å². The van der Waals surface area contributed by atoms with Crippen molar-refractivity contribution in [3.05, 3.63) is 101 Å². The number of amides is 2. The number of primary amides is 1. The molecule has 0 heterocycles. The van der Waals surface area contributed by atoms with Crippen molar-refractivity contribution in [2.45, 2.75) is 24.9 Å². The third-order valence-corrected chi connectivity index (χ3v) is 5.43. The SMILES string of the molecule is NC(=O)N(/N=C1\c2ccc(F)cc2CCC1c1ccccc1)c1ccc(C(F)(F)F)cc1. The normalized spacial score (nSPS) is 17.1. The van der Waals surface area contributed by atoms with Crippen LogP contribution in [0.15, 0.2) is 77.9 Å². The summed E-state index contributed by atoms with van der Waals surface area (Å²) in [6.07, 6.45) is -3.27. The summed E-state index contributed by atoms with van der Waals surface area (Å²) in [5.41, 5.74) is 7.65. The van der Waals surface area contributed by atoms with Gasteiger partial charge in [-0.05, 0) is 66.4 Å². The largest absolute Gasteiger partial charge is 0.416 e. The molecule has 164 valence electrons. The molecule has 1 unspecified atom stereocenters. The Balaban J connectivity index is 1.83. The van der Waals surface area contributed by atoms with Crippen molar-refractivity contribution in [2.24, 2.45) is 10.8 Å². The molecule has 0 saturated carbocycles. The van der Waals surface area contributed by atoms with Crippen LogP contribution in [0.4, 0.5) is 28.0 Å². The second kappa shape index (κ2) is 8.45. The third-order valence-electron chi connectivity index (χ3n) is 5.43. The number of hydrogen-bond donors (Lipinski definition) is 1. The molecule has 1 aliphatic carbocycles. The van der Waals surface area contributed by atoms with Crippen LogP contribution >= 0.6 is 0 Å². The number of aryl methyl sites for hydroxylation is 1. The molecule has 4 rings (SSSR count). The number of hydrogen-bond acceptors (Lipinski definition) is 2. The van der Waals surface area contributed by atoms with Crippen molar-refractivity contribution in [1.82, 2.24) is 0 Å². The van der Waals surface area contributed by atoms with Crippen molar-refractivity contribution in [3.63, 3.8) is 0 Å². The van der Waals surface area contributed by atoms with Gasteiger partial charge in [0, 0.05) is 11.5 Å². The van der Waals surface area contributed by atoms with Gasteiger partial charge >= 0.3 is 12.2 Å². The molecule has 1 aliphatic rings. The summed E-state index contributed by atoms with van der Waals surface area (Å²) in [4.78, 5) is 12.2. The number of nitrogens with two attached hydrogens (primary N) is 1. The van der Waals surface area contributed by atoms with E-state index in [0.717, 1.165) is 40.4 Å². The van der Waals surface area contributed by atoms with Crippen LogP contribution < -0.4 is 10.7 Å². The van der Waals surface area contributed by atoms with E-state index in [1.54, 1.807) is 6.07 Å². The fourth-order valence-electron chi connectivity index (χ4n) is 3.91. The van der Waals surface area contributed by atoms with Crippen molar-refractivity contribution in [2.75, 3.05) is 5.01 Å². The highest BCUT2D eigenvalue weighted by molar-refractivity contribution is 6.09. The van der Waals surface area contributed by atoms with E-state index in [0.29, 0.717) is 24.1 Å². The summed E-state index contributed by atoms with van der Waals surface area (Å²) < 4.78 is 52.6. The molecule has 1 atom stereocenters. The van der Waals surface area contributed by atoms with Crippen LogP contribution in [0, 0.1) is 5.82 Å². The molecule has 2 amide bonds. The molecule has 0 saturated heterocycles. The number of fused-ring (bicyclic) bond motifs is 1. The Morgan fingerprint density at radius 2 is 1.69 bits per heavy atom. The lowest BCUT2D eigenvalue weighted by Crippen LogP contribution is -2.34. The molecule has 0 aliphatic heterocycles. The van der Waals surface area contributed by atoms with Gasteiger partial charge < -0.3 is 5.73 Å². The van der Waals surface area contributed by atoms with Gasteiger partial charge in [0.25, 0.3) is 0 Å². The average molecular weight is 441 g/mol. The first-order valence-corrected chi connectivity index (χ1v) is 9.93. The maximum Gasteiger partial charge on any atom is 0.416 e. The van der Waals surface area contributed by atoms with E-state index in [4.69, 9.17) is 5.73 Å². The summed E-state index contributed by atoms with van der Waals surface area (Å²) in [5, 5.41) is 5.38. The van der Waals surface area contributed by atoms with E-state index in [9.17, 15) is 22.4 Å². The monoisotopic (exact) mass is 441 g/mol. The van der Waals surface area contributed by atoms with Gasteiger partial charge in [0.15, 0.2) is 0 Å². The number of hydrazone groups is 1. The zero-order chi connectivity index (χ0) is 22.9. The lowest BCUT2D eigenvalue weighted by atomic mass is 9.78. The zero-order valence-corrected chi connectivity index (χ0v) is 16.8. The number of rotatable bonds is 3. The molecule has 4 nitrogen and oxygen atoms in total. The number of urea groups is 1. The standard InChI is InChI=1S/C24H19F4N3O/c25-18-9-13-21-16(14-18)6-12-20(15-4-2-1-3-5-15)22(21)30-31(23(29)32)19-10-7-17(8-11-19)24(26,27)28/h1-5,7-11,13-14,20H,6,12H2,(H2,29,32)/b30-22-. The summed E-state index contributed by atoms with van der Waals surface area (Å²) in [7, 11) is 0. The summed E-state index contributed by atoms with van der Waals surface area (Å²) in [6, 6.07) is 16.9. The van der Waals surface area contributed by atoms with Crippen LogP contribution in [0.25, 0.3) is 0 Å². The molecule has 0 bridgehead atoms. The van der Waals surface area contributed by atoms with Crippen molar-refractivity contribution in [1.29, 1.82) is 0 Å². The Hall–Kier alpha value is -3.68. The first-order chi connectivity index (χ1) is 15.2. The van der Waals surface area contributed by atoms with E-state index in [1.165, 1.54) is 12.1 Å². The Bertz CT molecular complexity index is 1160. The lowest BCUT2D eigenvalue weighted by Gasteiger charge is -2.29. The minimum Gasteiger partial charge on any atom is -0.350 e. The first kappa shape index (κ1) is 21.5. The minimum atomic E-state index is -4.51. The van der Waals surface area contributed by atoms with Gasteiger partial charge in [-0.3, -0.25) is 0 Å². The van der Waals surface area contributed by atoms with Crippen LogP contribution in [-0.4, -0.2) is 11.7 Å². The van der Waals surface area contributed by atoms with Crippen molar-refractivity contribution in [3.8, 4) is 0 Å². The van der Waals surface area contributed by atoms with Gasteiger partial charge in [-0.1, -0.05) is 30.3 Å². The van der Waals surface area contributed by atoms with Gasteiger partial charge in [-0.2, -0.15) is 23.3 Å². The number of halogens is 4. The predicted molar refractivity (Wildman–Crippen MR) is 114 cm³/mol. The molecule has 0 radical (unpaired) electrons. The summed E-state index contributed by atoms with van der Waals surface area (Å²) >= 11 is 0. The number of benzene rings is 3. The highest BCUT2D eigenvalue weighted by Crippen LogP contribution is 2.35. The maximum absolute atomic E-state index is 13.8. The quantitative estimate of drug-likeness (QED) is 0.401. The smallest absolute Gasteiger partial charge is 0.350 e. The van der Waals surface area contributed by atoms with Crippen LogP contribution in [0.5, 0.6) is 0 Å². The van der Waals surface area contributed by atoms with E-state index in [-0.39, 0.29) is 17.4 Å². The number of anilines is 1. The van der Waals surface area contributed by atoms with Crippen LogP contribution in [0.3, 0.4) is 0 Å². The number of carbonyl (C=O) groups is 1. The molecule has 0 spiro atoms. The van der Waals surface area contributed by atoms with Crippen LogP contribution in [0.2, 0.25) is 0 Å². The number of carbonyl (C=O) groups excluding carboxylic acids is 1. The molecular formula is C24H19F4N3O. The zero-order valence-electron chi connectivity index (χ0n) is 16.8. The predicted octanol–water partition coefficient (Wildman–Crippen LogP) is 5.86. The van der Waals surface area contributed by atoms with Gasteiger partial charge in [-0.15, -0.1) is 0 Å². The number of nitrogens with zero attached hydrogens (tertiary/aromatic N) is 2. The molecule has 2 N–H and O–H groups in total. The molecule has 0 fully saturated rings. The Kier molecular flexibility index (Phi) is 5.69. The van der Waals surface area contributed by atoms with Gasteiger partial charge in [0.2, 0.25) is 0 Å². The second-order valence-electron chi connectivity index (χ2n) is 7.48. The van der Waals surface area contributed by atoms with Gasteiger partial charge in [-0.25, -0.2) is 9.18 Å². The fourth-order valence-corrected chi connectivity index (χ4v) is 3.91. The highest BCUT2D eigenvalue weighted by Gasteiger charge is 2.31. The topological polar surface area (TPSA) is 58.7 Å². The molecule has 8 heteroatoms. The van der Waals surface area contributed by atoms with Crippen LogP contribution in [0.1, 0.15) is 34.6 Å². The van der Waals surface area contributed by atoms with E-state index < -0.39 is 17.8 Å². The summed E-state index contributed by atoms with van der Waals surface area (Å²) in [6.45, 7) is 0.